The van der Waals surface area contributed by atoms with Crippen LogP contribution in [0.3, 0.4) is 0 Å². The molecule has 0 saturated heterocycles. The van der Waals surface area contributed by atoms with Crippen molar-refractivity contribution < 1.29 is 13.9 Å². The van der Waals surface area contributed by atoms with Gasteiger partial charge in [-0.15, -0.1) is 5.10 Å². The fourth-order valence-electron chi connectivity index (χ4n) is 2.65. The Labute approximate surface area is 175 Å². The van der Waals surface area contributed by atoms with Crippen molar-refractivity contribution >= 4 is 23.5 Å². The Morgan fingerprint density at radius 2 is 1.90 bits per heavy atom. The zero-order valence-corrected chi connectivity index (χ0v) is 16.3. The summed E-state index contributed by atoms with van der Waals surface area (Å²) >= 11 is 6.03. The van der Waals surface area contributed by atoms with Crippen LogP contribution in [0, 0.1) is 5.82 Å². The Bertz CT molecular complexity index is 1140. The highest BCUT2D eigenvalue weighted by Gasteiger charge is 2.14. The summed E-state index contributed by atoms with van der Waals surface area (Å²) in [5.41, 5.74) is 0.472. The minimum absolute atomic E-state index is 0.0718. The molecule has 152 valence electrons. The van der Waals surface area contributed by atoms with Crippen molar-refractivity contribution in [3.05, 3.63) is 89.2 Å². The van der Waals surface area contributed by atoms with Gasteiger partial charge in [-0.3, -0.25) is 10.1 Å². The van der Waals surface area contributed by atoms with E-state index in [0.717, 1.165) is 0 Å². The number of hydrogen-bond donors (Lipinski definition) is 1. The number of benzene rings is 2. The number of aromatic nitrogens is 5. The molecule has 30 heavy (non-hydrogen) atoms. The summed E-state index contributed by atoms with van der Waals surface area (Å²) in [6.45, 7) is 0.243. The first-order valence-electron chi connectivity index (χ1n) is 8.93. The predicted molar refractivity (Wildman–Crippen MR) is 108 cm³/mol. The molecule has 2 heterocycles. The lowest BCUT2D eigenvalue weighted by Crippen LogP contribution is -2.15. The molecule has 0 atom stereocenters. The maximum Gasteiger partial charge on any atom is 0.278 e. The van der Waals surface area contributed by atoms with Gasteiger partial charge in [-0.25, -0.2) is 18.7 Å². The number of nitrogens with one attached hydrogen (secondary N) is 1. The molecule has 2 aromatic heterocycles. The summed E-state index contributed by atoms with van der Waals surface area (Å²) in [6.07, 6.45) is 3.01. The number of para-hydroxylation sites is 1. The molecule has 1 amide bonds. The van der Waals surface area contributed by atoms with Gasteiger partial charge in [0.25, 0.3) is 5.91 Å². The number of hydrogen-bond acceptors (Lipinski definition) is 5. The molecule has 8 nitrogen and oxygen atoms in total. The number of amides is 1. The standard InChI is InChI=1S/C20H16ClFN6O2/c21-16-7-4-8-17(22)15(16)11-28-12-23-20(26-28)24-19(29)18-9-10-27(25-18)13-30-14-5-2-1-3-6-14/h1-10,12H,11,13H2,(H,24,26,29). The minimum Gasteiger partial charge on any atom is -0.471 e. The Kier molecular flexibility index (Phi) is 5.71. The van der Waals surface area contributed by atoms with E-state index in [2.05, 4.69) is 20.5 Å². The molecule has 0 bridgehead atoms. The second-order valence-electron chi connectivity index (χ2n) is 6.25. The van der Waals surface area contributed by atoms with Gasteiger partial charge < -0.3 is 4.74 Å². The average molecular weight is 427 g/mol. The van der Waals surface area contributed by atoms with Gasteiger partial charge in [0, 0.05) is 16.8 Å². The van der Waals surface area contributed by atoms with Crippen molar-refractivity contribution in [3.8, 4) is 5.75 Å². The first-order chi connectivity index (χ1) is 14.6. The van der Waals surface area contributed by atoms with E-state index in [1.807, 2.05) is 30.3 Å². The van der Waals surface area contributed by atoms with Crippen LogP contribution in [-0.4, -0.2) is 30.5 Å². The third-order valence-electron chi connectivity index (χ3n) is 4.12. The minimum atomic E-state index is -0.477. The van der Waals surface area contributed by atoms with Gasteiger partial charge in [0.2, 0.25) is 5.95 Å². The third-order valence-corrected chi connectivity index (χ3v) is 4.48. The Hall–Kier alpha value is -3.72. The fourth-order valence-corrected chi connectivity index (χ4v) is 2.87. The molecular formula is C20H16ClFN6O2. The molecule has 0 unspecified atom stereocenters. The van der Waals surface area contributed by atoms with Crippen molar-refractivity contribution in [1.82, 2.24) is 24.5 Å². The van der Waals surface area contributed by atoms with Crippen molar-refractivity contribution in [1.29, 1.82) is 0 Å². The van der Waals surface area contributed by atoms with E-state index in [1.165, 1.54) is 27.8 Å². The molecule has 4 rings (SSSR count). The number of nitrogens with zero attached hydrogens (tertiary/aromatic N) is 5. The van der Waals surface area contributed by atoms with E-state index in [0.29, 0.717) is 16.3 Å². The Balaban J connectivity index is 1.36. The van der Waals surface area contributed by atoms with Crippen molar-refractivity contribution in [2.45, 2.75) is 13.3 Å². The normalized spacial score (nSPS) is 10.7. The maximum absolute atomic E-state index is 13.9. The van der Waals surface area contributed by atoms with E-state index in [9.17, 15) is 9.18 Å². The van der Waals surface area contributed by atoms with Crippen molar-refractivity contribution in [3.63, 3.8) is 0 Å². The number of carbonyl (C=O) groups excluding carboxylic acids is 1. The first kappa shape index (κ1) is 19.6. The van der Waals surface area contributed by atoms with Gasteiger partial charge in [0.05, 0.1) is 6.54 Å². The highest BCUT2D eigenvalue weighted by molar-refractivity contribution is 6.31. The van der Waals surface area contributed by atoms with Crippen LogP contribution < -0.4 is 10.1 Å². The van der Waals surface area contributed by atoms with E-state index >= 15 is 0 Å². The van der Waals surface area contributed by atoms with Crippen LogP contribution in [0.5, 0.6) is 5.75 Å². The van der Waals surface area contributed by atoms with Gasteiger partial charge >= 0.3 is 0 Å². The van der Waals surface area contributed by atoms with Crippen LogP contribution >= 0.6 is 11.6 Å². The van der Waals surface area contributed by atoms with Gasteiger partial charge in [-0.2, -0.15) is 5.10 Å². The van der Waals surface area contributed by atoms with Crippen LogP contribution in [0.25, 0.3) is 0 Å². The highest BCUT2D eigenvalue weighted by Crippen LogP contribution is 2.20. The van der Waals surface area contributed by atoms with Gasteiger partial charge in [-0.1, -0.05) is 35.9 Å². The zero-order valence-electron chi connectivity index (χ0n) is 15.6. The average Bonchev–Trinajstić information content (AvgIpc) is 3.40. The van der Waals surface area contributed by atoms with Crippen molar-refractivity contribution in [2.75, 3.05) is 5.32 Å². The second kappa shape index (κ2) is 8.75. The Morgan fingerprint density at radius 3 is 2.70 bits per heavy atom. The highest BCUT2D eigenvalue weighted by atomic mass is 35.5. The molecular weight excluding hydrogens is 411 g/mol. The van der Waals surface area contributed by atoms with Crippen LogP contribution in [0.1, 0.15) is 16.1 Å². The molecule has 0 fully saturated rings. The number of anilines is 1. The molecule has 1 N–H and O–H groups in total. The SMILES string of the molecule is O=C(Nc1ncn(Cc2c(F)cccc2Cl)n1)c1ccn(COc2ccccc2)n1. The molecule has 0 aliphatic carbocycles. The lowest BCUT2D eigenvalue weighted by atomic mass is 10.2. The molecule has 0 spiro atoms. The van der Waals surface area contributed by atoms with Crippen LogP contribution in [0.4, 0.5) is 10.3 Å². The fraction of sp³-hybridized carbons (Fsp3) is 0.100. The van der Waals surface area contributed by atoms with Gasteiger partial charge in [0.15, 0.2) is 12.4 Å². The monoisotopic (exact) mass is 426 g/mol. The zero-order chi connectivity index (χ0) is 20.9. The summed E-state index contributed by atoms with van der Waals surface area (Å²) in [5.74, 6) is -0.145. The number of rotatable bonds is 7. The first-order valence-corrected chi connectivity index (χ1v) is 9.31. The Morgan fingerprint density at radius 1 is 1.07 bits per heavy atom. The number of halogens is 2. The molecule has 0 radical (unpaired) electrons. The van der Waals surface area contributed by atoms with Crippen LogP contribution in [0.15, 0.2) is 67.1 Å². The van der Waals surface area contributed by atoms with Crippen molar-refractivity contribution in [2.24, 2.45) is 0 Å². The van der Waals surface area contributed by atoms with E-state index in [4.69, 9.17) is 16.3 Å². The summed E-state index contributed by atoms with van der Waals surface area (Å²) in [6, 6.07) is 15.3. The molecule has 0 aliphatic heterocycles. The van der Waals surface area contributed by atoms with E-state index in [-0.39, 0.29) is 24.9 Å². The summed E-state index contributed by atoms with van der Waals surface area (Å²) in [4.78, 5) is 16.4. The molecule has 10 heteroatoms. The quantitative estimate of drug-likeness (QED) is 0.488. The van der Waals surface area contributed by atoms with Gasteiger partial charge in [0.1, 0.15) is 17.9 Å². The van der Waals surface area contributed by atoms with Gasteiger partial charge in [-0.05, 0) is 30.3 Å². The van der Waals surface area contributed by atoms with Crippen LogP contribution in [-0.2, 0) is 13.3 Å². The lowest BCUT2D eigenvalue weighted by molar-refractivity contribution is 0.101. The number of carbonyl (C=O) groups is 1. The molecule has 2 aromatic carbocycles. The predicted octanol–water partition coefficient (Wildman–Crippen LogP) is 3.60. The molecule has 4 aromatic rings. The smallest absolute Gasteiger partial charge is 0.278 e. The second-order valence-corrected chi connectivity index (χ2v) is 6.65. The summed E-state index contributed by atoms with van der Waals surface area (Å²) in [7, 11) is 0. The summed E-state index contributed by atoms with van der Waals surface area (Å²) < 4.78 is 22.4. The van der Waals surface area contributed by atoms with E-state index in [1.54, 1.807) is 18.3 Å². The van der Waals surface area contributed by atoms with E-state index < -0.39 is 11.7 Å². The topological polar surface area (TPSA) is 86.9 Å². The lowest BCUT2D eigenvalue weighted by Gasteiger charge is -2.05. The largest absolute Gasteiger partial charge is 0.471 e. The maximum atomic E-state index is 13.9. The summed E-state index contributed by atoms with van der Waals surface area (Å²) in [5, 5.41) is 11.1. The number of ether oxygens (including phenoxy) is 1. The van der Waals surface area contributed by atoms with Crippen LogP contribution in [0.2, 0.25) is 5.02 Å². The third kappa shape index (κ3) is 4.64. The molecule has 0 aliphatic rings. The molecule has 0 saturated carbocycles.